The average Bonchev–Trinajstić information content (AvgIpc) is 2.53. The Morgan fingerprint density at radius 2 is 1.64 bits per heavy atom. The van der Waals surface area contributed by atoms with Gasteiger partial charge in [-0.1, -0.05) is 30.3 Å². The largest absolute Gasteiger partial charge is 0.514 e. The maximum atomic E-state index is 12.1. The minimum atomic E-state index is -0.754. The highest BCUT2D eigenvalue weighted by Gasteiger charge is 2.24. The number of carbonyl (C=O) groups is 1. The van der Waals surface area contributed by atoms with Crippen LogP contribution in [0.25, 0.3) is 10.8 Å². The fourth-order valence-corrected chi connectivity index (χ4v) is 2.49. The maximum Gasteiger partial charge on any atom is 0.514 e. The van der Waals surface area contributed by atoms with E-state index in [2.05, 4.69) is 0 Å². The van der Waals surface area contributed by atoms with Gasteiger partial charge in [0.05, 0.1) is 5.56 Å². The summed E-state index contributed by atoms with van der Waals surface area (Å²) in [6.07, 6.45) is -1.38. The first-order valence-electron chi connectivity index (χ1n) is 8.51. The van der Waals surface area contributed by atoms with E-state index < -0.39 is 18.0 Å². The summed E-state index contributed by atoms with van der Waals surface area (Å²) in [5.41, 5.74) is 0.0560. The summed E-state index contributed by atoms with van der Waals surface area (Å²) in [5.74, 6) is 0.375. The fourth-order valence-electron chi connectivity index (χ4n) is 2.49. The number of ether oxygens (including phenoxy) is 4. The van der Waals surface area contributed by atoms with Gasteiger partial charge in [0, 0.05) is 13.2 Å². The van der Waals surface area contributed by atoms with E-state index in [-0.39, 0.29) is 0 Å². The predicted octanol–water partition coefficient (Wildman–Crippen LogP) is 5.23. The van der Waals surface area contributed by atoms with Gasteiger partial charge in [0.25, 0.3) is 0 Å². The van der Waals surface area contributed by atoms with E-state index in [9.17, 15) is 4.79 Å². The minimum Gasteiger partial charge on any atom is -0.428 e. The third kappa shape index (κ3) is 5.18. The van der Waals surface area contributed by atoms with Crippen LogP contribution in [0.5, 0.6) is 5.75 Å². The van der Waals surface area contributed by atoms with Crippen molar-refractivity contribution in [2.75, 3.05) is 13.2 Å². The van der Waals surface area contributed by atoms with Crippen LogP contribution < -0.4 is 4.74 Å². The lowest BCUT2D eigenvalue weighted by Crippen LogP contribution is -2.26. The number of hydrogen-bond donors (Lipinski definition) is 0. The molecule has 0 radical (unpaired) electrons. The molecule has 0 N–H and O–H groups in total. The zero-order valence-electron chi connectivity index (χ0n) is 15.5. The number of hydrogen-bond acceptors (Lipinski definition) is 5. The molecule has 0 amide bonds. The Hall–Kier alpha value is -2.11. The van der Waals surface area contributed by atoms with Crippen molar-refractivity contribution < 1.29 is 23.7 Å². The monoisotopic (exact) mass is 346 g/mol. The van der Waals surface area contributed by atoms with Crippen molar-refractivity contribution in [1.82, 2.24) is 0 Å². The number of rotatable bonds is 6. The number of carbonyl (C=O) groups excluding carboxylic acids is 1. The van der Waals surface area contributed by atoms with Gasteiger partial charge < -0.3 is 18.9 Å². The van der Waals surface area contributed by atoms with Crippen molar-refractivity contribution in [3.63, 3.8) is 0 Å². The molecule has 0 fully saturated rings. The van der Waals surface area contributed by atoms with E-state index in [1.165, 1.54) is 0 Å². The zero-order valence-corrected chi connectivity index (χ0v) is 15.5. The summed E-state index contributed by atoms with van der Waals surface area (Å²) in [7, 11) is 0. The first-order chi connectivity index (χ1) is 11.9. The molecule has 0 aromatic heterocycles. The van der Waals surface area contributed by atoms with Crippen LogP contribution in [0.4, 0.5) is 4.79 Å². The van der Waals surface area contributed by atoms with Crippen molar-refractivity contribution in [2.24, 2.45) is 0 Å². The normalized spacial score (nSPS) is 11.8. The van der Waals surface area contributed by atoms with Gasteiger partial charge in [-0.3, -0.25) is 0 Å². The second-order valence-corrected chi connectivity index (χ2v) is 6.51. The van der Waals surface area contributed by atoms with Gasteiger partial charge in [-0.2, -0.15) is 0 Å². The Morgan fingerprint density at radius 1 is 1.00 bits per heavy atom. The third-order valence-electron chi connectivity index (χ3n) is 3.39. The molecule has 0 unspecified atom stereocenters. The first-order valence-corrected chi connectivity index (χ1v) is 8.51. The quantitative estimate of drug-likeness (QED) is 0.407. The van der Waals surface area contributed by atoms with Gasteiger partial charge in [-0.15, -0.1) is 0 Å². The molecule has 0 aliphatic heterocycles. The van der Waals surface area contributed by atoms with Crippen LogP contribution in [-0.2, 0) is 14.2 Å². The molecular formula is C20H26O5. The second kappa shape index (κ2) is 8.32. The van der Waals surface area contributed by atoms with Crippen molar-refractivity contribution in [2.45, 2.75) is 46.5 Å². The van der Waals surface area contributed by atoms with Crippen molar-refractivity contribution >= 4 is 16.9 Å². The topological polar surface area (TPSA) is 54.0 Å². The van der Waals surface area contributed by atoms with Crippen LogP contribution in [0, 0.1) is 0 Å². The molecule has 2 aromatic carbocycles. The van der Waals surface area contributed by atoms with E-state index in [1.54, 1.807) is 26.8 Å². The lowest BCUT2D eigenvalue weighted by molar-refractivity contribution is -0.140. The fraction of sp³-hybridized carbons (Fsp3) is 0.450. The van der Waals surface area contributed by atoms with Crippen LogP contribution in [0.2, 0.25) is 0 Å². The van der Waals surface area contributed by atoms with E-state index in [0.717, 1.165) is 10.8 Å². The Balaban J connectivity index is 2.47. The van der Waals surface area contributed by atoms with E-state index in [4.69, 9.17) is 18.9 Å². The van der Waals surface area contributed by atoms with Crippen LogP contribution in [-0.4, -0.2) is 25.0 Å². The molecule has 0 atom stereocenters. The Kier molecular flexibility index (Phi) is 6.39. The Labute approximate surface area is 148 Å². The molecule has 5 heteroatoms. The molecule has 0 saturated heterocycles. The van der Waals surface area contributed by atoms with Crippen LogP contribution in [0.15, 0.2) is 36.4 Å². The van der Waals surface area contributed by atoms with Crippen molar-refractivity contribution in [3.05, 3.63) is 42.0 Å². The SMILES string of the molecule is CCOC(OCC)c1c(OC(=O)OC(C)(C)C)ccc2ccccc12. The first kappa shape index (κ1) is 19.2. The summed E-state index contributed by atoms with van der Waals surface area (Å²) in [5, 5.41) is 1.92. The molecule has 136 valence electrons. The molecule has 0 saturated carbocycles. The molecule has 0 spiro atoms. The summed E-state index contributed by atoms with van der Waals surface area (Å²) >= 11 is 0. The van der Waals surface area contributed by atoms with Gasteiger partial charge in [0.2, 0.25) is 0 Å². The highest BCUT2D eigenvalue weighted by Crippen LogP contribution is 2.36. The Bertz CT molecular complexity index is 712. The number of benzene rings is 2. The summed E-state index contributed by atoms with van der Waals surface area (Å²) in [6.45, 7) is 10.1. The minimum absolute atomic E-state index is 0.375. The Morgan fingerprint density at radius 3 is 2.24 bits per heavy atom. The molecule has 0 heterocycles. The molecule has 0 aliphatic rings. The van der Waals surface area contributed by atoms with E-state index in [1.807, 2.05) is 44.2 Å². The molecule has 5 nitrogen and oxygen atoms in total. The average molecular weight is 346 g/mol. The lowest BCUT2D eigenvalue weighted by Gasteiger charge is -2.23. The predicted molar refractivity (Wildman–Crippen MR) is 96.8 cm³/mol. The molecular weight excluding hydrogens is 320 g/mol. The van der Waals surface area contributed by atoms with Gasteiger partial charge in [-0.25, -0.2) is 4.79 Å². The highest BCUT2D eigenvalue weighted by molar-refractivity contribution is 5.88. The third-order valence-corrected chi connectivity index (χ3v) is 3.39. The standard InChI is InChI=1S/C20H26O5/c1-6-22-18(23-7-2)17-15-11-9-8-10-14(15)12-13-16(17)24-19(21)25-20(3,4)5/h8-13,18H,6-7H2,1-5H3. The molecule has 0 aliphatic carbocycles. The highest BCUT2D eigenvalue weighted by atomic mass is 16.7. The van der Waals surface area contributed by atoms with Gasteiger partial charge >= 0.3 is 6.16 Å². The van der Waals surface area contributed by atoms with Gasteiger partial charge in [0.15, 0.2) is 6.29 Å². The molecule has 25 heavy (non-hydrogen) atoms. The van der Waals surface area contributed by atoms with Gasteiger partial charge in [0.1, 0.15) is 11.4 Å². The summed E-state index contributed by atoms with van der Waals surface area (Å²) < 4.78 is 22.2. The molecule has 2 rings (SSSR count). The van der Waals surface area contributed by atoms with Crippen molar-refractivity contribution in [3.8, 4) is 5.75 Å². The van der Waals surface area contributed by atoms with Crippen LogP contribution in [0.1, 0.15) is 46.5 Å². The summed E-state index contributed by atoms with van der Waals surface area (Å²) in [6, 6.07) is 11.5. The van der Waals surface area contributed by atoms with Crippen LogP contribution >= 0.6 is 0 Å². The van der Waals surface area contributed by atoms with Crippen LogP contribution in [0.3, 0.4) is 0 Å². The second-order valence-electron chi connectivity index (χ2n) is 6.51. The molecule has 0 bridgehead atoms. The van der Waals surface area contributed by atoms with E-state index >= 15 is 0 Å². The lowest BCUT2D eigenvalue weighted by atomic mass is 10.0. The van der Waals surface area contributed by atoms with Gasteiger partial charge in [-0.05, 0) is 51.5 Å². The van der Waals surface area contributed by atoms with Crippen molar-refractivity contribution in [1.29, 1.82) is 0 Å². The molecule has 2 aromatic rings. The smallest absolute Gasteiger partial charge is 0.428 e. The zero-order chi connectivity index (χ0) is 18.4. The maximum absolute atomic E-state index is 12.1. The number of fused-ring (bicyclic) bond motifs is 1. The van der Waals surface area contributed by atoms with E-state index in [0.29, 0.717) is 24.5 Å². The summed E-state index contributed by atoms with van der Waals surface area (Å²) in [4.78, 5) is 12.1.